The third kappa shape index (κ3) is 4.43. The standard InChI is InChI=1S/C19H21ClN2O3S/c1-2-25-19(24)16-12-26-18(21-16)13-7-9-22(10-8-13)17(23)11-14-5-3-4-6-15(14)20/h3-6,12-13H,2,7-11H2,1H3. The molecule has 1 aromatic heterocycles. The number of halogens is 1. The van der Waals surface area contributed by atoms with E-state index in [0.717, 1.165) is 23.4 Å². The van der Waals surface area contributed by atoms with E-state index < -0.39 is 0 Å². The average Bonchev–Trinajstić information content (AvgIpc) is 3.14. The minimum atomic E-state index is -0.373. The molecule has 7 heteroatoms. The lowest BCUT2D eigenvalue weighted by Gasteiger charge is -2.31. The third-order valence-electron chi connectivity index (χ3n) is 4.50. The molecular formula is C19H21ClN2O3S. The summed E-state index contributed by atoms with van der Waals surface area (Å²) >= 11 is 7.64. The van der Waals surface area contributed by atoms with E-state index in [4.69, 9.17) is 16.3 Å². The maximum atomic E-state index is 12.5. The van der Waals surface area contributed by atoms with E-state index in [1.807, 2.05) is 23.1 Å². The lowest BCUT2D eigenvalue weighted by atomic mass is 9.97. The van der Waals surface area contributed by atoms with Crippen LogP contribution in [-0.2, 0) is 16.0 Å². The van der Waals surface area contributed by atoms with Gasteiger partial charge in [-0.25, -0.2) is 9.78 Å². The maximum absolute atomic E-state index is 12.5. The number of benzene rings is 1. The van der Waals surface area contributed by atoms with Crippen LogP contribution in [0, 0.1) is 0 Å². The van der Waals surface area contributed by atoms with Gasteiger partial charge in [-0.1, -0.05) is 29.8 Å². The molecule has 0 saturated carbocycles. The van der Waals surface area contributed by atoms with Crippen LogP contribution in [0.3, 0.4) is 0 Å². The van der Waals surface area contributed by atoms with Crippen molar-refractivity contribution in [1.29, 1.82) is 0 Å². The summed E-state index contributed by atoms with van der Waals surface area (Å²) in [6.07, 6.45) is 2.03. The number of hydrogen-bond acceptors (Lipinski definition) is 5. The van der Waals surface area contributed by atoms with Gasteiger partial charge < -0.3 is 9.64 Å². The number of carbonyl (C=O) groups is 2. The summed E-state index contributed by atoms with van der Waals surface area (Å²) in [6.45, 7) is 3.52. The zero-order valence-electron chi connectivity index (χ0n) is 14.6. The van der Waals surface area contributed by atoms with Crippen molar-refractivity contribution in [2.24, 2.45) is 0 Å². The van der Waals surface area contributed by atoms with E-state index >= 15 is 0 Å². The van der Waals surface area contributed by atoms with Crippen LogP contribution in [0.2, 0.25) is 5.02 Å². The highest BCUT2D eigenvalue weighted by Gasteiger charge is 2.26. The van der Waals surface area contributed by atoms with Crippen molar-refractivity contribution in [3.05, 3.63) is 50.9 Å². The Morgan fingerprint density at radius 1 is 1.31 bits per heavy atom. The van der Waals surface area contributed by atoms with Gasteiger partial charge in [0.25, 0.3) is 0 Å². The minimum Gasteiger partial charge on any atom is -0.461 e. The fraction of sp³-hybridized carbons (Fsp3) is 0.421. The van der Waals surface area contributed by atoms with Gasteiger partial charge in [-0.2, -0.15) is 0 Å². The van der Waals surface area contributed by atoms with Gasteiger partial charge in [-0.15, -0.1) is 11.3 Å². The lowest BCUT2D eigenvalue weighted by molar-refractivity contribution is -0.131. The highest BCUT2D eigenvalue weighted by atomic mass is 35.5. The van der Waals surface area contributed by atoms with Gasteiger partial charge in [0.05, 0.1) is 18.0 Å². The molecule has 0 bridgehead atoms. The summed E-state index contributed by atoms with van der Waals surface area (Å²) in [7, 11) is 0. The van der Waals surface area contributed by atoms with Crippen molar-refractivity contribution in [2.45, 2.75) is 32.1 Å². The molecule has 2 heterocycles. The SMILES string of the molecule is CCOC(=O)c1csc(C2CCN(C(=O)Cc3ccccc3Cl)CC2)n1. The molecule has 0 N–H and O–H groups in total. The van der Waals surface area contributed by atoms with Crippen LogP contribution >= 0.6 is 22.9 Å². The second-order valence-electron chi connectivity index (χ2n) is 6.21. The largest absolute Gasteiger partial charge is 0.461 e. The zero-order chi connectivity index (χ0) is 18.5. The second-order valence-corrected chi connectivity index (χ2v) is 7.51. The van der Waals surface area contributed by atoms with Crippen LogP contribution in [0.1, 0.15) is 46.7 Å². The zero-order valence-corrected chi connectivity index (χ0v) is 16.2. The van der Waals surface area contributed by atoms with Crippen LogP contribution < -0.4 is 0 Å². The predicted octanol–water partition coefficient (Wildman–Crippen LogP) is 3.92. The summed E-state index contributed by atoms with van der Waals surface area (Å²) in [5, 5.41) is 3.33. The highest BCUT2D eigenvalue weighted by molar-refractivity contribution is 7.09. The van der Waals surface area contributed by atoms with Gasteiger partial charge >= 0.3 is 5.97 Å². The van der Waals surface area contributed by atoms with E-state index in [-0.39, 0.29) is 17.8 Å². The molecule has 1 aromatic carbocycles. The van der Waals surface area contributed by atoms with Crippen molar-refractivity contribution in [3.8, 4) is 0 Å². The van der Waals surface area contributed by atoms with Gasteiger partial charge in [0, 0.05) is 29.4 Å². The number of hydrogen-bond donors (Lipinski definition) is 0. The van der Waals surface area contributed by atoms with E-state index in [0.29, 0.717) is 36.8 Å². The number of esters is 1. The molecule has 1 amide bonds. The molecule has 1 aliphatic rings. The number of ether oxygens (including phenoxy) is 1. The Balaban J connectivity index is 1.55. The Hall–Kier alpha value is -1.92. The first-order valence-corrected chi connectivity index (χ1v) is 9.98. The molecule has 26 heavy (non-hydrogen) atoms. The molecular weight excluding hydrogens is 372 g/mol. The predicted molar refractivity (Wildman–Crippen MR) is 102 cm³/mol. The molecule has 138 valence electrons. The number of aromatic nitrogens is 1. The number of piperidine rings is 1. The number of carbonyl (C=O) groups excluding carboxylic acids is 2. The monoisotopic (exact) mass is 392 g/mol. The smallest absolute Gasteiger partial charge is 0.357 e. The molecule has 3 rings (SSSR count). The number of rotatable bonds is 5. The molecule has 1 aliphatic heterocycles. The van der Waals surface area contributed by atoms with Gasteiger partial charge in [-0.3, -0.25) is 4.79 Å². The van der Waals surface area contributed by atoms with Crippen molar-refractivity contribution in [2.75, 3.05) is 19.7 Å². The molecule has 0 atom stereocenters. The third-order valence-corrected chi connectivity index (χ3v) is 5.88. The Morgan fingerprint density at radius 3 is 2.73 bits per heavy atom. The fourth-order valence-electron chi connectivity index (χ4n) is 3.07. The van der Waals surface area contributed by atoms with Crippen molar-refractivity contribution in [3.63, 3.8) is 0 Å². The van der Waals surface area contributed by atoms with E-state index in [9.17, 15) is 9.59 Å². The van der Waals surface area contributed by atoms with E-state index in [1.54, 1.807) is 18.4 Å². The second kappa shape index (κ2) is 8.64. The molecule has 0 aliphatic carbocycles. The van der Waals surface area contributed by atoms with Crippen molar-refractivity contribution >= 4 is 34.8 Å². The topological polar surface area (TPSA) is 59.5 Å². The first-order chi connectivity index (χ1) is 12.6. The molecule has 5 nitrogen and oxygen atoms in total. The summed E-state index contributed by atoms with van der Waals surface area (Å²) in [5.41, 5.74) is 1.24. The van der Waals surface area contributed by atoms with E-state index in [1.165, 1.54) is 11.3 Å². The summed E-state index contributed by atoms with van der Waals surface area (Å²) in [4.78, 5) is 30.6. The number of thiazole rings is 1. The van der Waals surface area contributed by atoms with Crippen molar-refractivity contribution < 1.29 is 14.3 Å². The Bertz CT molecular complexity index is 785. The van der Waals surface area contributed by atoms with Crippen molar-refractivity contribution in [1.82, 2.24) is 9.88 Å². The molecule has 0 spiro atoms. The maximum Gasteiger partial charge on any atom is 0.357 e. The summed E-state index contributed by atoms with van der Waals surface area (Å²) in [6, 6.07) is 7.45. The molecule has 1 fully saturated rings. The highest BCUT2D eigenvalue weighted by Crippen LogP contribution is 2.31. The number of nitrogens with zero attached hydrogens (tertiary/aromatic N) is 2. The minimum absolute atomic E-state index is 0.0999. The van der Waals surface area contributed by atoms with Gasteiger partial charge in [-0.05, 0) is 31.4 Å². The molecule has 0 radical (unpaired) electrons. The van der Waals surface area contributed by atoms with Crippen LogP contribution in [-0.4, -0.2) is 41.5 Å². The molecule has 0 unspecified atom stereocenters. The number of likely N-dealkylation sites (tertiary alicyclic amines) is 1. The van der Waals surface area contributed by atoms with Gasteiger partial charge in [0.15, 0.2) is 5.69 Å². The summed E-state index contributed by atoms with van der Waals surface area (Å²) < 4.78 is 4.98. The lowest BCUT2D eigenvalue weighted by Crippen LogP contribution is -2.38. The van der Waals surface area contributed by atoms with E-state index in [2.05, 4.69) is 4.98 Å². The molecule has 1 saturated heterocycles. The van der Waals surface area contributed by atoms with Crippen LogP contribution in [0.15, 0.2) is 29.6 Å². The number of amides is 1. The first kappa shape index (κ1) is 18.9. The normalized spacial score (nSPS) is 15.1. The Kier molecular flexibility index (Phi) is 6.27. The summed E-state index contributed by atoms with van der Waals surface area (Å²) in [5.74, 6) is 0.0118. The van der Waals surface area contributed by atoms with Gasteiger partial charge in [0.2, 0.25) is 5.91 Å². The van der Waals surface area contributed by atoms with Gasteiger partial charge in [0.1, 0.15) is 0 Å². The molecule has 2 aromatic rings. The Labute approximate surface area is 161 Å². The van der Waals surface area contributed by atoms with Crippen LogP contribution in [0.4, 0.5) is 0 Å². The average molecular weight is 393 g/mol. The van der Waals surface area contributed by atoms with Crippen LogP contribution in [0.25, 0.3) is 0 Å². The Morgan fingerprint density at radius 2 is 2.04 bits per heavy atom. The fourth-order valence-corrected chi connectivity index (χ4v) is 4.23. The quantitative estimate of drug-likeness (QED) is 0.723. The van der Waals surface area contributed by atoms with Crippen LogP contribution in [0.5, 0.6) is 0 Å². The first-order valence-electron chi connectivity index (χ1n) is 8.72.